The third kappa shape index (κ3) is 8.38. The van der Waals surface area contributed by atoms with Gasteiger partial charge < -0.3 is 26.6 Å². The van der Waals surface area contributed by atoms with E-state index >= 15 is 0 Å². The van der Waals surface area contributed by atoms with Crippen molar-refractivity contribution in [2.24, 2.45) is 58.0 Å². The number of aliphatic hydroxyl groups excluding tert-OH is 2. The number of rotatable bonds is 17. The van der Waals surface area contributed by atoms with Crippen LogP contribution >= 0.6 is 0 Å². The van der Waals surface area contributed by atoms with Gasteiger partial charge in [0.2, 0.25) is 0 Å². The number of hydrogen-bond acceptors (Lipinski definition) is 8. The van der Waals surface area contributed by atoms with Crippen LogP contribution in [0.2, 0.25) is 0 Å². The van der Waals surface area contributed by atoms with Crippen molar-refractivity contribution in [3.63, 3.8) is 0 Å². The first-order valence-electron chi connectivity index (χ1n) is 17.9. The summed E-state index contributed by atoms with van der Waals surface area (Å²) in [5.74, 6) is 2.55. The molecule has 4 rings (SSSR count). The molecule has 0 radical (unpaired) electrons. The zero-order valence-electron chi connectivity index (χ0n) is 28.1. The molecule has 0 heterocycles. The van der Waals surface area contributed by atoms with Crippen LogP contribution in [0.5, 0.6) is 0 Å². The minimum absolute atomic E-state index is 0.171. The summed E-state index contributed by atoms with van der Waals surface area (Å²) in [6.45, 7) is 12.8. The molecule has 7 N–H and O–H groups in total. The Balaban J connectivity index is 1.32. The van der Waals surface area contributed by atoms with Crippen molar-refractivity contribution in [1.29, 1.82) is 0 Å². The quantitative estimate of drug-likeness (QED) is 0.0991. The first-order valence-corrected chi connectivity index (χ1v) is 19.3. The number of aliphatic hydroxyl groups is 2. The summed E-state index contributed by atoms with van der Waals surface area (Å²) in [5, 5.41) is 28.8. The van der Waals surface area contributed by atoms with Crippen molar-refractivity contribution >= 4 is 10.4 Å². The van der Waals surface area contributed by atoms with E-state index in [1.54, 1.807) is 6.92 Å². The molecule has 44 heavy (non-hydrogen) atoms. The van der Waals surface area contributed by atoms with Gasteiger partial charge in [-0.25, -0.2) is 4.18 Å². The van der Waals surface area contributed by atoms with E-state index in [1.807, 2.05) is 0 Å². The van der Waals surface area contributed by atoms with Gasteiger partial charge in [-0.05, 0) is 156 Å². The second-order valence-corrected chi connectivity index (χ2v) is 16.9. The number of hydrogen-bond donors (Lipinski definition) is 6. The molecule has 0 aromatic rings. The molecule has 258 valence electrons. The lowest BCUT2D eigenvalue weighted by Gasteiger charge is -2.62. The van der Waals surface area contributed by atoms with E-state index in [-0.39, 0.29) is 24.0 Å². The molecule has 0 amide bonds. The van der Waals surface area contributed by atoms with E-state index < -0.39 is 16.5 Å². The smallest absolute Gasteiger partial charge is 0.396 e. The standard InChI is InChI=1S/C34H65N3O6S/c1-23(8-11-31(24(2)22-38)43-44(40,41)42)27-9-10-28-32-29(13-15-34(27,28)4)33(3)14-12-26(20-25(33)21-30(32)39)37-19-7-18-36-17-6-5-16-35/h23-32,36-39H,5-22,35H2,1-4H3,(H,40,41,42)/t23?,24?,25-,26+,27-,28?,29?,30-,31?,32?,33+,34-/m1/s1. The van der Waals surface area contributed by atoms with Crippen molar-refractivity contribution in [1.82, 2.24) is 10.6 Å². The Hall–Kier alpha value is -0.330. The lowest BCUT2D eigenvalue weighted by Crippen LogP contribution is -2.59. The Bertz CT molecular complexity index is 1000. The van der Waals surface area contributed by atoms with E-state index in [4.69, 9.17) is 9.92 Å². The molecule has 0 saturated heterocycles. The average Bonchev–Trinajstić information content (AvgIpc) is 3.33. The minimum atomic E-state index is -4.57. The van der Waals surface area contributed by atoms with Gasteiger partial charge in [0.15, 0.2) is 0 Å². The zero-order chi connectivity index (χ0) is 32.1. The zero-order valence-corrected chi connectivity index (χ0v) is 28.9. The van der Waals surface area contributed by atoms with Crippen LogP contribution in [0.1, 0.15) is 111 Å². The fourth-order valence-electron chi connectivity index (χ4n) is 10.8. The highest BCUT2D eigenvalue weighted by Gasteiger charge is 2.62. The van der Waals surface area contributed by atoms with Gasteiger partial charge in [-0.3, -0.25) is 4.55 Å². The Kier molecular flexibility index (Phi) is 13.0. The Labute approximate surface area is 268 Å². The van der Waals surface area contributed by atoms with Crippen LogP contribution in [-0.4, -0.2) is 74.2 Å². The molecule has 0 bridgehead atoms. The van der Waals surface area contributed by atoms with E-state index in [2.05, 4.69) is 31.4 Å². The summed E-state index contributed by atoms with van der Waals surface area (Å²) in [4.78, 5) is 0. The SMILES string of the molecule is CC(CO)C(CCC(C)[C@H]1CCC2C3C(CC[C@@]21C)[C@@]1(C)CC[C@H](NCCCNCCCCN)C[C@@H]1C[C@H]3O)OS(=O)(=O)O. The monoisotopic (exact) mass is 643 g/mol. The van der Waals surface area contributed by atoms with Crippen LogP contribution in [0.25, 0.3) is 0 Å². The molecule has 0 aromatic carbocycles. The summed E-state index contributed by atoms with van der Waals surface area (Å²) in [5.41, 5.74) is 6.05. The maximum Gasteiger partial charge on any atom is 0.397 e. The normalized spacial score (nSPS) is 39.2. The Morgan fingerprint density at radius 2 is 1.64 bits per heavy atom. The van der Waals surface area contributed by atoms with Crippen molar-refractivity contribution in [3.05, 3.63) is 0 Å². The summed E-state index contributed by atoms with van der Waals surface area (Å²) in [7, 11) is -4.57. The summed E-state index contributed by atoms with van der Waals surface area (Å²) < 4.78 is 37.1. The van der Waals surface area contributed by atoms with Gasteiger partial charge in [-0.15, -0.1) is 0 Å². The van der Waals surface area contributed by atoms with Crippen LogP contribution in [0.3, 0.4) is 0 Å². The minimum Gasteiger partial charge on any atom is -0.396 e. The molecule has 4 fully saturated rings. The topological polar surface area (TPSA) is 154 Å². The average molecular weight is 644 g/mol. The first kappa shape index (κ1) is 36.5. The molecule has 0 aromatic heterocycles. The van der Waals surface area contributed by atoms with Gasteiger partial charge in [-0.1, -0.05) is 27.7 Å². The Morgan fingerprint density at radius 3 is 2.34 bits per heavy atom. The number of nitrogens with two attached hydrogens (primary N) is 1. The fourth-order valence-corrected chi connectivity index (χ4v) is 11.4. The number of fused-ring (bicyclic) bond motifs is 5. The maximum absolute atomic E-state index is 11.8. The molecule has 4 saturated carbocycles. The molecule has 4 aliphatic carbocycles. The number of unbranched alkanes of at least 4 members (excludes halogenated alkanes) is 1. The van der Waals surface area contributed by atoms with Gasteiger partial charge >= 0.3 is 10.4 Å². The van der Waals surface area contributed by atoms with Crippen LogP contribution < -0.4 is 16.4 Å². The summed E-state index contributed by atoms with van der Waals surface area (Å²) in [6.07, 6.45) is 13.0. The highest BCUT2D eigenvalue weighted by Crippen LogP contribution is 2.68. The molecule has 10 heteroatoms. The van der Waals surface area contributed by atoms with Gasteiger partial charge in [0.1, 0.15) is 0 Å². The lowest BCUT2D eigenvalue weighted by atomic mass is 9.43. The highest BCUT2D eigenvalue weighted by atomic mass is 32.3. The van der Waals surface area contributed by atoms with Crippen LogP contribution in [-0.2, 0) is 14.6 Å². The Morgan fingerprint density at radius 1 is 0.932 bits per heavy atom. The van der Waals surface area contributed by atoms with Crippen LogP contribution in [0.15, 0.2) is 0 Å². The van der Waals surface area contributed by atoms with E-state index in [0.717, 1.165) is 71.1 Å². The van der Waals surface area contributed by atoms with E-state index in [0.29, 0.717) is 53.4 Å². The van der Waals surface area contributed by atoms with Gasteiger partial charge in [0.05, 0.1) is 12.2 Å². The molecular weight excluding hydrogens is 578 g/mol. The molecule has 4 aliphatic rings. The lowest BCUT2D eigenvalue weighted by molar-refractivity contribution is -0.167. The van der Waals surface area contributed by atoms with Crippen molar-refractivity contribution in [3.8, 4) is 0 Å². The number of nitrogens with one attached hydrogen (secondary N) is 2. The maximum atomic E-state index is 11.8. The third-order valence-corrected chi connectivity index (χ3v) is 13.8. The molecule has 0 aliphatic heterocycles. The summed E-state index contributed by atoms with van der Waals surface area (Å²) in [6, 6.07) is 0.557. The molecule has 0 spiro atoms. The van der Waals surface area contributed by atoms with Gasteiger partial charge in [0.25, 0.3) is 0 Å². The van der Waals surface area contributed by atoms with Crippen molar-refractivity contribution in [2.45, 2.75) is 129 Å². The second-order valence-electron chi connectivity index (χ2n) is 15.8. The predicted molar refractivity (Wildman–Crippen MR) is 175 cm³/mol. The van der Waals surface area contributed by atoms with Gasteiger partial charge in [0, 0.05) is 18.6 Å². The van der Waals surface area contributed by atoms with E-state index in [1.165, 1.54) is 32.1 Å². The van der Waals surface area contributed by atoms with Crippen molar-refractivity contribution in [2.75, 3.05) is 32.8 Å². The fraction of sp³-hybridized carbons (Fsp3) is 1.00. The predicted octanol–water partition coefficient (Wildman–Crippen LogP) is 4.53. The molecule has 9 nitrogen and oxygen atoms in total. The molecule has 6 unspecified atom stereocenters. The highest BCUT2D eigenvalue weighted by molar-refractivity contribution is 7.80. The molecule has 12 atom stereocenters. The third-order valence-electron chi connectivity index (χ3n) is 13.3. The molecular formula is C34H65N3O6S. The van der Waals surface area contributed by atoms with Gasteiger partial charge in [-0.2, -0.15) is 8.42 Å². The van der Waals surface area contributed by atoms with Crippen molar-refractivity contribution < 1.29 is 27.4 Å². The second kappa shape index (κ2) is 15.7. The summed E-state index contributed by atoms with van der Waals surface area (Å²) >= 11 is 0. The first-order chi connectivity index (χ1) is 20.8. The van der Waals surface area contributed by atoms with Crippen LogP contribution in [0, 0.1) is 52.3 Å². The van der Waals surface area contributed by atoms with E-state index in [9.17, 15) is 23.2 Å². The largest absolute Gasteiger partial charge is 0.397 e. The van der Waals surface area contributed by atoms with Crippen LogP contribution in [0.4, 0.5) is 0 Å².